The Labute approximate surface area is 186 Å². The highest BCUT2D eigenvalue weighted by Gasteiger charge is 2.14. The number of hydrogen-bond acceptors (Lipinski definition) is 7. The average Bonchev–Trinajstić information content (AvgIpc) is 3.49. The molecule has 1 aromatic carbocycles. The van der Waals surface area contributed by atoms with Crippen LogP contribution in [0.4, 0.5) is 5.13 Å². The van der Waals surface area contributed by atoms with Gasteiger partial charge in [-0.15, -0.1) is 22.7 Å². The summed E-state index contributed by atoms with van der Waals surface area (Å²) in [7, 11) is 0. The minimum atomic E-state index is -0.540. The van der Waals surface area contributed by atoms with E-state index in [-0.39, 0.29) is 12.3 Å². The van der Waals surface area contributed by atoms with Crippen LogP contribution in [0.15, 0.2) is 47.3 Å². The standard InChI is InChI=1S/C21H19N5O3S2/c1-2-29-17-6-4-3-5-14(17)20-24-13(10-30-20)8-18(27)26-21-25-16(11-31-21)12-7-15(19(22)28)23-9-12/h3-7,9-11,23H,2,8H2,1H3,(H2,22,28)(H,25,26,27). The van der Waals surface area contributed by atoms with Gasteiger partial charge >= 0.3 is 0 Å². The molecule has 0 spiro atoms. The Balaban J connectivity index is 1.41. The topological polar surface area (TPSA) is 123 Å². The van der Waals surface area contributed by atoms with Crippen molar-refractivity contribution in [3.05, 3.63) is 58.7 Å². The third-order valence-electron chi connectivity index (χ3n) is 4.31. The number of nitrogens with two attached hydrogens (primary N) is 1. The summed E-state index contributed by atoms with van der Waals surface area (Å²) < 4.78 is 5.67. The quantitative estimate of drug-likeness (QED) is 0.373. The highest BCUT2D eigenvalue weighted by molar-refractivity contribution is 7.14. The SMILES string of the molecule is CCOc1ccccc1-c1nc(CC(=O)Nc2nc(-c3c[nH]c(C(N)=O)c3)cs2)cs1. The van der Waals surface area contributed by atoms with Crippen LogP contribution in [0, 0.1) is 0 Å². The Hall–Kier alpha value is -3.50. The zero-order valence-electron chi connectivity index (χ0n) is 16.5. The Morgan fingerprint density at radius 2 is 2.03 bits per heavy atom. The highest BCUT2D eigenvalue weighted by atomic mass is 32.1. The van der Waals surface area contributed by atoms with E-state index in [9.17, 15) is 9.59 Å². The summed E-state index contributed by atoms with van der Waals surface area (Å²) in [5.74, 6) is 0.0270. The fourth-order valence-electron chi connectivity index (χ4n) is 2.91. The lowest BCUT2D eigenvalue weighted by atomic mass is 10.2. The number of amides is 2. The number of rotatable bonds is 8. The van der Waals surface area contributed by atoms with E-state index in [4.69, 9.17) is 10.5 Å². The number of hydrogen-bond donors (Lipinski definition) is 3. The van der Waals surface area contributed by atoms with Gasteiger partial charge in [0.15, 0.2) is 5.13 Å². The maximum absolute atomic E-state index is 12.5. The molecule has 3 aromatic heterocycles. The number of primary amides is 1. The summed E-state index contributed by atoms with van der Waals surface area (Å²) in [4.78, 5) is 35.5. The van der Waals surface area contributed by atoms with Crippen molar-refractivity contribution in [3.8, 4) is 27.6 Å². The number of carbonyl (C=O) groups excluding carboxylic acids is 2. The molecule has 31 heavy (non-hydrogen) atoms. The van der Waals surface area contributed by atoms with Crippen LogP contribution in [0.3, 0.4) is 0 Å². The first-order chi connectivity index (χ1) is 15.0. The first-order valence-corrected chi connectivity index (χ1v) is 11.2. The molecule has 2 amide bonds. The number of carbonyl (C=O) groups is 2. The van der Waals surface area contributed by atoms with Gasteiger partial charge in [0.1, 0.15) is 16.5 Å². The van der Waals surface area contributed by atoms with Gasteiger partial charge < -0.3 is 20.8 Å². The monoisotopic (exact) mass is 453 g/mol. The minimum absolute atomic E-state index is 0.137. The molecule has 0 radical (unpaired) electrons. The number of para-hydroxylation sites is 1. The normalized spacial score (nSPS) is 10.7. The van der Waals surface area contributed by atoms with Crippen LogP contribution >= 0.6 is 22.7 Å². The van der Waals surface area contributed by atoms with Crippen LogP contribution in [0.5, 0.6) is 5.75 Å². The number of H-pyrrole nitrogens is 1. The van der Waals surface area contributed by atoms with Crippen molar-refractivity contribution in [1.82, 2.24) is 15.0 Å². The van der Waals surface area contributed by atoms with E-state index in [1.165, 1.54) is 22.7 Å². The molecule has 4 aromatic rings. The molecule has 0 saturated heterocycles. The molecule has 4 N–H and O–H groups in total. The molecule has 3 heterocycles. The van der Waals surface area contributed by atoms with Gasteiger partial charge in [-0.05, 0) is 25.1 Å². The minimum Gasteiger partial charge on any atom is -0.493 e. The third kappa shape index (κ3) is 4.81. The highest BCUT2D eigenvalue weighted by Crippen LogP contribution is 2.32. The number of aromatic amines is 1. The van der Waals surface area contributed by atoms with E-state index in [1.807, 2.05) is 36.6 Å². The van der Waals surface area contributed by atoms with Crippen LogP contribution < -0.4 is 15.8 Å². The number of nitrogens with zero attached hydrogens (tertiary/aromatic N) is 2. The molecule has 158 valence electrons. The number of anilines is 1. The summed E-state index contributed by atoms with van der Waals surface area (Å²) in [6.45, 7) is 2.51. The predicted molar refractivity (Wildman–Crippen MR) is 121 cm³/mol. The Kier molecular flexibility index (Phi) is 6.10. The van der Waals surface area contributed by atoms with Crippen LogP contribution in [0.1, 0.15) is 23.1 Å². The molecule has 0 saturated carbocycles. The van der Waals surface area contributed by atoms with Crippen molar-refractivity contribution in [2.24, 2.45) is 5.73 Å². The smallest absolute Gasteiger partial charge is 0.265 e. The van der Waals surface area contributed by atoms with Crippen LogP contribution in [0.2, 0.25) is 0 Å². The summed E-state index contributed by atoms with van der Waals surface area (Å²) in [6, 6.07) is 9.34. The van der Waals surface area contributed by atoms with Crippen molar-refractivity contribution in [2.45, 2.75) is 13.3 Å². The van der Waals surface area contributed by atoms with E-state index < -0.39 is 5.91 Å². The van der Waals surface area contributed by atoms with Crippen molar-refractivity contribution in [3.63, 3.8) is 0 Å². The second-order valence-electron chi connectivity index (χ2n) is 6.50. The van der Waals surface area contributed by atoms with Crippen LogP contribution in [-0.4, -0.2) is 33.4 Å². The summed E-state index contributed by atoms with van der Waals surface area (Å²) in [6.07, 6.45) is 1.79. The van der Waals surface area contributed by atoms with Gasteiger partial charge in [0.25, 0.3) is 5.91 Å². The second-order valence-corrected chi connectivity index (χ2v) is 8.22. The van der Waals surface area contributed by atoms with Crippen molar-refractivity contribution >= 4 is 39.6 Å². The maximum Gasteiger partial charge on any atom is 0.265 e. The number of aromatic nitrogens is 3. The molecule has 10 heteroatoms. The van der Waals surface area contributed by atoms with E-state index in [0.717, 1.165) is 21.9 Å². The molecule has 0 unspecified atom stereocenters. The number of thiazole rings is 2. The molecular formula is C21H19N5O3S2. The molecule has 8 nitrogen and oxygen atoms in total. The third-order valence-corrected chi connectivity index (χ3v) is 5.99. The molecule has 0 aliphatic rings. The van der Waals surface area contributed by atoms with Gasteiger partial charge in [-0.1, -0.05) is 12.1 Å². The molecule has 0 atom stereocenters. The van der Waals surface area contributed by atoms with Crippen molar-refractivity contribution < 1.29 is 14.3 Å². The Morgan fingerprint density at radius 1 is 1.19 bits per heavy atom. The Bertz CT molecular complexity index is 1230. The lowest BCUT2D eigenvalue weighted by molar-refractivity contribution is -0.115. The van der Waals surface area contributed by atoms with Gasteiger partial charge in [0.05, 0.1) is 30.0 Å². The van der Waals surface area contributed by atoms with Gasteiger partial charge in [0, 0.05) is 22.5 Å². The summed E-state index contributed by atoms with van der Waals surface area (Å²) in [5, 5.41) is 7.75. The molecule has 0 aliphatic heterocycles. The van der Waals surface area contributed by atoms with Crippen molar-refractivity contribution in [2.75, 3.05) is 11.9 Å². The first kappa shape index (κ1) is 20.8. The van der Waals surface area contributed by atoms with E-state index in [2.05, 4.69) is 20.3 Å². The Morgan fingerprint density at radius 3 is 2.81 bits per heavy atom. The predicted octanol–water partition coefficient (Wildman–Crippen LogP) is 3.94. The van der Waals surface area contributed by atoms with Gasteiger partial charge in [-0.2, -0.15) is 0 Å². The molecule has 0 fully saturated rings. The van der Waals surface area contributed by atoms with Gasteiger partial charge in [-0.3, -0.25) is 9.59 Å². The first-order valence-electron chi connectivity index (χ1n) is 9.44. The summed E-state index contributed by atoms with van der Waals surface area (Å²) >= 11 is 2.77. The van der Waals surface area contributed by atoms with E-state index in [0.29, 0.717) is 28.8 Å². The van der Waals surface area contributed by atoms with Gasteiger partial charge in [-0.25, -0.2) is 9.97 Å². The van der Waals surface area contributed by atoms with Gasteiger partial charge in [0.2, 0.25) is 5.91 Å². The molecule has 0 aliphatic carbocycles. The summed E-state index contributed by atoms with van der Waals surface area (Å²) in [5.41, 5.74) is 8.52. The zero-order valence-corrected chi connectivity index (χ0v) is 18.2. The molecular weight excluding hydrogens is 434 g/mol. The fourth-order valence-corrected chi connectivity index (χ4v) is 4.50. The molecule has 0 bridgehead atoms. The number of ether oxygens (including phenoxy) is 1. The number of nitrogens with one attached hydrogen (secondary N) is 2. The zero-order chi connectivity index (χ0) is 21.8. The number of benzene rings is 1. The lowest BCUT2D eigenvalue weighted by Crippen LogP contribution is -2.14. The molecule has 4 rings (SSSR count). The maximum atomic E-state index is 12.5. The van der Waals surface area contributed by atoms with Crippen LogP contribution in [0.25, 0.3) is 21.8 Å². The second kappa shape index (κ2) is 9.11. The van der Waals surface area contributed by atoms with Crippen molar-refractivity contribution in [1.29, 1.82) is 0 Å². The lowest BCUT2D eigenvalue weighted by Gasteiger charge is -2.07. The van der Waals surface area contributed by atoms with Crippen LogP contribution in [-0.2, 0) is 11.2 Å². The van der Waals surface area contributed by atoms with E-state index >= 15 is 0 Å². The van der Waals surface area contributed by atoms with E-state index in [1.54, 1.807) is 17.6 Å². The largest absolute Gasteiger partial charge is 0.493 e. The average molecular weight is 454 g/mol. The fraction of sp³-hybridized carbons (Fsp3) is 0.143.